The first-order chi connectivity index (χ1) is 12.3. The summed E-state index contributed by atoms with van der Waals surface area (Å²) in [6.45, 7) is 5.11. The van der Waals surface area contributed by atoms with Crippen molar-refractivity contribution < 1.29 is 14.3 Å². The molecule has 0 aliphatic carbocycles. The molecule has 3 heterocycles. The minimum atomic E-state index is 0.0192. The van der Waals surface area contributed by atoms with Crippen molar-refractivity contribution in [1.29, 1.82) is 0 Å². The van der Waals surface area contributed by atoms with Crippen LogP contribution in [0.5, 0.6) is 11.5 Å². The first kappa shape index (κ1) is 16.0. The highest BCUT2D eigenvalue weighted by Crippen LogP contribution is 2.34. The average Bonchev–Trinajstić information content (AvgIpc) is 3.05. The zero-order valence-corrected chi connectivity index (χ0v) is 14.1. The van der Waals surface area contributed by atoms with Gasteiger partial charge < -0.3 is 14.4 Å². The van der Waals surface area contributed by atoms with Crippen LogP contribution >= 0.6 is 0 Å². The number of aromatic nitrogens is 2. The Morgan fingerprint density at radius 2 is 2.04 bits per heavy atom. The van der Waals surface area contributed by atoms with Crippen molar-refractivity contribution in [2.45, 2.75) is 13.0 Å². The number of amides is 1. The Bertz CT molecular complexity index is 732. The number of nitrogens with one attached hydrogen (secondary N) is 1. The number of nitrogens with zero attached hydrogens (tertiary/aromatic N) is 3. The molecule has 1 aromatic heterocycles. The fourth-order valence-electron chi connectivity index (χ4n) is 3.36. The van der Waals surface area contributed by atoms with Gasteiger partial charge in [0.05, 0.1) is 5.56 Å². The minimum absolute atomic E-state index is 0.0192. The molecule has 0 atom stereocenters. The van der Waals surface area contributed by atoms with Gasteiger partial charge >= 0.3 is 0 Å². The van der Waals surface area contributed by atoms with Crippen molar-refractivity contribution in [3.05, 3.63) is 41.7 Å². The fraction of sp³-hybridized carbons (Fsp3) is 0.444. The normalized spacial score (nSPS) is 18.0. The summed E-state index contributed by atoms with van der Waals surface area (Å²) in [4.78, 5) is 17.3. The third-order valence-corrected chi connectivity index (χ3v) is 4.62. The van der Waals surface area contributed by atoms with Crippen LogP contribution in [0.4, 0.5) is 0 Å². The molecule has 0 saturated carbocycles. The van der Waals surface area contributed by atoms with E-state index in [1.807, 2.05) is 29.2 Å². The molecule has 1 fully saturated rings. The van der Waals surface area contributed by atoms with Crippen molar-refractivity contribution >= 4 is 5.91 Å². The summed E-state index contributed by atoms with van der Waals surface area (Å²) in [6.07, 6.45) is 2.72. The molecule has 0 unspecified atom stereocenters. The molecule has 7 heteroatoms. The Balaban J connectivity index is 1.44. The van der Waals surface area contributed by atoms with Gasteiger partial charge in [0.1, 0.15) is 13.2 Å². The van der Waals surface area contributed by atoms with E-state index in [-0.39, 0.29) is 5.91 Å². The summed E-state index contributed by atoms with van der Waals surface area (Å²) in [5.41, 5.74) is 1.70. The van der Waals surface area contributed by atoms with Crippen LogP contribution in [-0.4, -0.2) is 65.3 Å². The average molecular weight is 342 g/mol. The zero-order chi connectivity index (χ0) is 17.1. The summed E-state index contributed by atoms with van der Waals surface area (Å²) in [5, 5.41) is 6.99. The molecule has 1 saturated heterocycles. The number of para-hydroxylation sites is 1. The van der Waals surface area contributed by atoms with Crippen molar-refractivity contribution in [3.8, 4) is 11.5 Å². The molecule has 2 aliphatic heterocycles. The van der Waals surface area contributed by atoms with E-state index in [2.05, 4.69) is 15.1 Å². The van der Waals surface area contributed by atoms with E-state index in [1.165, 1.54) is 0 Å². The highest BCUT2D eigenvalue weighted by molar-refractivity contribution is 5.98. The number of fused-ring (bicyclic) bond motifs is 1. The summed E-state index contributed by atoms with van der Waals surface area (Å²) >= 11 is 0. The topological polar surface area (TPSA) is 70.7 Å². The number of hydrogen-bond acceptors (Lipinski definition) is 5. The quantitative estimate of drug-likeness (QED) is 0.916. The second-order valence-electron chi connectivity index (χ2n) is 6.33. The number of ether oxygens (including phenoxy) is 2. The van der Waals surface area contributed by atoms with E-state index in [1.54, 1.807) is 6.20 Å². The lowest BCUT2D eigenvalue weighted by atomic mass is 10.1. The van der Waals surface area contributed by atoms with E-state index >= 15 is 0 Å². The van der Waals surface area contributed by atoms with Crippen LogP contribution in [0, 0.1) is 0 Å². The predicted octanol–water partition coefficient (Wildman–Crippen LogP) is 1.53. The molecule has 1 amide bonds. The number of aromatic amines is 1. The number of benzene rings is 1. The first-order valence-corrected chi connectivity index (χ1v) is 8.70. The molecular formula is C18H22N4O3. The molecule has 2 aromatic rings. The largest absolute Gasteiger partial charge is 0.486 e. The van der Waals surface area contributed by atoms with Crippen LogP contribution in [0.2, 0.25) is 0 Å². The van der Waals surface area contributed by atoms with Gasteiger partial charge in [0.2, 0.25) is 0 Å². The first-order valence-electron chi connectivity index (χ1n) is 8.70. The van der Waals surface area contributed by atoms with Gasteiger partial charge in [-0.15, -0.1) is 0 Å². The van der Waals surface area contributed by atoms with Crippen LogP contribution in [-0.2, 0) is 6.54 Å². The fourth-order valence-corrected chi connectivity index (χ4v) is 3.36. The van der Waals surface area contributed by atoms with Crippen LogP contribution in [0.3, 0.4) is 0 Å². The van der Waals surface area contributed by atoms with Crippen LogP contribution in [0.1, 0.15) is 22.5 Å². The van der Waals surface area contributed by atoms with E-state index < -0.39 is 0 Å². The Kier molecular flexibility index (Phi) is 4.56. The van der Waals surface area contributed by atoms with Gasteiger partial charge in [0.25, 0.3) is 5.91 Å². The Hall–Kier alpha value is -2.54. The lowest BCUT2D eigenvalue weighted by Gasteiger charge is -2.25. The van der Waals surface area contributed by atoms with Gasteiger partial charge in [0, 0.05) is 44.6 Å². The molecule has 132 valence electrons. The van der Waals surface area contributed by atoms with Gasteiger partial charge in [-0.1, -0.05) is 6.07 Å². The monoisotopic (exact) mass is 342 g/mol. The van der Waals surface area contributed by atoms with Gasteiger partial charge in [-0.05, 0) is 24.6 Å². The maximum atomic E-state index is 13.0. The molecule has 0 spiro atoms. The lowest BCUT2D eigenvalue weighted by molar-refractivity contribution is 0.0750. The molecule has 0 bridgehead atoms. The minimum Gasteiger partial charge on any atom is -0.486 e. The highest BCUT2D eigenvalue weighted by atomic mass is 16.6. The zero-order valence-electron chi connectivity index (χ0n) is 14.1. The molecule has 1 N–H and O–H groups in total. The van der Waals surface area contributed by atoms with Gasteiger partial charge in [0.15, 0.2) is 11.5 Å². The highest BCUT2D eigenvalue weighted by Gasteiger charge is 2.26. The summed E-state index contributed by atoms with van der Waals surface area (Å²) in [7, 11) is 0. The molecule has 25 heavy (non-hydrogen) atoms. The van der Waals surface area contributed by atoms with E-state index in [0.29, 0.717) is 36.8 Å². The van der Waals surface area contributed by atoms with Crippen molar-refractivity contribution in [1.82, 2.24) is 20.0 Å². The van der Waals surface area contributed by atoms with Crippen LogP contribution in [0.15, 0.2) is 30.5 Å². The van der Waals surface area contributed by atoms with Crippen molar-refractivity contribution in [2.75, 3.05) is 39.4 Å². The number of H-pyrrole nitrogens is 1. The number of rotatable bonds is 3. The predicted molar refractivity (Wildman–Crippen MR) is 91.8 cm³/mol. The van der Waals surface area contributed by atoms with E-state index in [0.717, 1.165) is 38.3 Å². The number of carbonyl (C=O) groups is 1. The maximum absolute atomic E-state index is 13.0. The number of hydrogen-bond donors (Lipinski definition) is 1. The molecule has 7 nitrogen and oxygen atoms in total. The standard InChI is InChI=1S/C18H22N4O3/c23-18(15-3-1-4-16-17(15)25-12-11-24-16)22-8-2-7-21(9-10-22)13-14-5-6-19-20-14/h1,3-6H,2,7-13H2,(H,19,20). The Labute approximate surface area is 146 Å². The van der Waals surface area contributed by atoms with Crippen molar-refractivity contribution in [2.24, 2.45) is 0 Å². The smallest absolute Gasteiger partial charge is 0.257 e. The summed E-state index contributed by atoms with van der Waals surface area (Å²) in [5.74, 6) is 1.26. The SMILES string of the molecule is O=C(c1cccc2c1OCCO2)N1CCCN(Cc2ccn[nH]2)CC1. The van der Waals surface area contributed by atoms with E-state index in [9.17, 15) is 4.79 Å². The van der Waals surface area contributed by atoms with Gasteiger partial charge in [-0.25, -0.2) is 0 Å². The van der Waals surface area contributed by atoms with Crippen LogP contribution in [0.25, 0.3) is 0 Å². The second-order valence-corrected chi connectivity index (χ2v) is 6.33. The Morgan fingerprint density at radius 1 is 1.12 bits per heavy atom. The third-order valence-electron chi connectivity index (χ3n) is 4.62. The summed E-state index contributed by atoms with van der Waals surface area (Å²) in [6, 6.07) is 7.51. The molecule has 2 aliphatic rings. The van der Waals surface area contributed by atoms with Gasteiger partial charge in [-0.2, -0.15) is 5.10 Å². The lowest BCUT2D eigenvalue weighted by Crippen LogP contribution is -2.35. The molecule has 4 rings (SSSR count). The van der Waals surface area contributed by atoms with E-state index in [4.69, 9.17) is 9.47 Å². The maximum Gasteiger partial charge on any atom is 0.257 e. The Morgan fingerprint density at radius 3 is 2.92 bits per heavy atom. The molecule has 0 radical (unpaired) electrons. The third kappa shape index (κ3) is 3.46. The number of carbonyl (C=O) groups excluding carboxylic acids is 1. The summed E-state index contributed by atoms with van der Waals surface area (Å²) < 4.78 is 11.3. The van der Waals surface area contributed by atoms with Gasteiger partial charge in [-0.3, -0.25) is 14.8 Å². The molecule has 1 aromatic carbocycles. The van der Waals surface area contributed by atoms with Crippen molar-refractivity contribution in [3.63, 3.8) is 0 Å². The second kappa shape index (κ2) is 7.14. The molecular weight excluding hydrogens is 320 g/mol. The van der Waals surface area contributed by atoms with Crippen LogP contribution < -0.4 is 9.47 Å².